The number of aliphatic hydroxyl groups is 1. The van der Waals surface area contributed by atoms with Gasteiger partial charge in [-0.3, -0.25) is 0 Å². The van der Waals surface area contributed by atoms with Gasteiger partial charge in [0.1, 0.15) is 12.4 Å². The molecule has 100 valence electrons. The molecule has 19 heavy (non-hydrogen) atoms. The topological polar surface area (TPSA) is 29.5 Å². The molecule has 0 heterocycles. The van der Waals surface area contributed by atoms with Crippen LogP contribution in [0.2, 0.25) is 5.02 Å². The van der Waals surface area contributed by atoms with E-state index in [1.165, 1.54) is 5.56 Å². The molecule has 2 aromatic rings. The van der Waals surface area contributed by atoms with Crippen molar-refractivity contribution < 1.29 is 9.84 Å². The average molecular weight is 277 g/mol. The molecule has 0 aliphatic carbocycles. The van der Waals surface area contributed by atoms with Gasteiger partial charge in [-0.05, 0) is 30.7 Å². The van der Waals surface area contributed by atoms with E-state index >= 15 is 0 Å². The van der Waals surface area contributed by atoms with Gasteiger partial charge in [-0.2, -0.15) is 0 Å². The Morgan fingerprint density at radius 2 is 1.95 bits per heavy atom. The van der Waals surface area contributed by atoms with Gasteiger partial charge >= 0.3 is 0 Å². The lowest BCUT2D eigenvalue weighted by molar-refractivity contribution is 0.108. The van der Waals surface area contributed by atoms with Gasteiger partial charge in [0.2, 0.25) is 0 Å². The Kier molecular flexibility index (Phi) is 4.83. The van der Waals surface area contributed by atoms with E-state index in [1.807, 2.05) is 37.3 Å². The highest BCUT2D eigenvalue weighted by molar-refractivity contribution is 6.30. The largest absolute Gasteiger partial charge is 0.491 e. The molecule has 1 N–H and O–H groups in total. The lowest BCUT2D eigenvalue weighted by atomic mass is 10.1. The zero-order valence-corrected chi connectivity index (χ0v) is 11.6. The first kappa shape index (κ1) is 13.9. The second-order valence-corrected chi connectivity index (χ2v) is 5.05. The summed E-state index contributed by atoms with van der Waals surface area (Å²) in [6.45, 7) is 2.30. The van der Waals surface area contributed by atoms with Crippen molar-refractivity contribution in [3.8, 4) is 5.75 Å². The number of aliphatic hydroxyl groups excluding tert-OH is 1. The summed E-state index contributed by atoms with van der Waals surface area (Å²) in [5, 5.41) is 10.6. The molecule has 2 aromatic carbocycles. The Morgan fingerprint density at radius 3 is 2.68 bits per heavy atom. The Balaban J connectivity index is 1.86. The standard InChI is InChI=1S/C16H17ClO2/c1-12-4-2-5-13(8-12)9-15(18)11-19-16-7-3-6-14(17)10-16/h2-8,10,15,18H,9,11H2,1H3. The molecule has 1 atom stereocenters. The number of hydrogen-bond acceptors (Lipinski definition) is 2. The second kappa shape index (κ2) is 6.60. The van der Waals surface area contributed by atoms with E-state index in [9.17, 15) is 5.11 Å². The molecule has 2 rings (SSSR count). The van der Waals surface area contributed by atoms with Gasteiger partial charge in [-0.1, -0.05) is 47.5 Å². The van der Waals surface area contributed by atoms with Crippen LogP contribution in [0.4, 0.5) is 0 Å². The molecule has 3 heteroatoms. The van der Waals surface area contributed by atoms with Crippen LogP contribution in [0.25, 0.3) is 0 Å². The maximum Gasteiger partial charge on any atom is 0.120 e. The molecule has 0 aromatic heterocycles. The van der Waals surface area contributed by atoms with Crippen molar-refractivity contribution in [1.29, 1.82) is 0 Å². The second-order valence-electron chi connectivity index (χ2n) is 4.62. The Hall–Kier alpha value is -1.51. The molecule has 2 nitrogen and oxygen atoms in total. The number of halogens is 1. The van der Waals surface area contributed by atoms with Crippen molar-refractivity contribution in [1.82, 2.24) is 0 Å². The predicted octanol–water partition coefficient (Wildman–Crippen LogP) is 3.63. The highest BCUT2D eigenvalue weighted by atomic mass is 35.5. The van der Waals surface area contributed by atoms with Crippen molar-refractivity contribution in [3.05, 3.63) is 64.7 Å². The summed E-state index contributed by atoms with van der Waals surface area (Å²) in [4.78, 5) is 0. The Labute approximate surface area is 118 Å². The highest BCUT2D eigenvalue weighted by Crippen LogP contribution is 2.17. The van der Waals surface area contributed by atoms with Gasteiger partial charge < -0.3 is 9.84 Å². The quantitative estimate of drug-likeness (QED) is 0.904. The molecule has 0 aliphatic rings. The normalized spacial score (nSPS) is 12.2. The Morgan fingerprint density at radius 1 is 1.16 bits per heavy atom. The lowest BCUT2D eigenvalue weighted by Gasteiger charge is -2.13. The van der Waals surface area contributed by atoms with E-state index in [1.54, 1.807) is 12.1 Å². The first-order valence-corrected chi connectivity index (χ1v) is 6.63. The van der Waals surface area contributed by atoms with Crippen LogP contribution in [0, 0.1) is 6.92 Å². The van der Waals surface area contributed by atoms with Gasteiger partial charge in [-0.25, -0.2) is 0 Å². The van der Waals surface area contributed by atoms with Crippen molar-refractivity contribution >= 4 is 11.6 Å². The molecule has 1 unspecified atom stereocenters. The maximum absolute atomic E-state index is 9.97. The Bertz CT molecular complexity index is 540. The van der Waals surface area contributed by atoms with Crippen LogP contribution in [-0.4, -0.2) is 17.8 Å². The van der Waals surface area contributed by atoms with E-state index in [4.69, 9.17) is 16.3 Å². The van der Waals surface area contributed by atoms with Gasteiger partial charge in [0.05, 0.1) is 6.10 Å². The fourth-order valence-corrected chi connectivity index (χ4v) is 2.10. The molecule has 0 bridgehead atoms. The minimum absolute atomic E-state index is 0.258. The molecule has 0 saturated heterocycles. The zero-order valence-electron chi connectivity index (χ0n) is 10.8. The first-order chi connectivity index (χ1) is 9.13. The zero-order chi connectivity index (χ0) is 13.7. The first-order valence-electron chi connectivity index (χ1n) is 6.25. The molecule has 0 aliphatic heterocycles. The monoisotopic (exact) mass is 276 g/mol. The SMILES string of the molecule is Cc1cccc(CC(O)COc2cccc(Cl)c2)c1. The van der Waals surface area contributed by atoms with Crippen molar-refractivity contribution in [2.24, 2.45) is 0 Å². The predicted molar refractivity (Wildman–Crippen MR) is 77.8 cm³/mol. The van der Waals surface area contributed by atoms with Crippen LogP contribution < -0.4 is 4.74 Å². The number of benzene rings is 2. The van der Waals surface area contributed by atoms with E-state index in [2.05, 4.69) is 6.07 Å². The number of rotatable bonds is 5. The summed E-state index contributed by atoms with van der Waals surface area (Å²) >= 11 is 5.86. The van der Waals surface area contributed by atoms with Crippen LogP contribution in [0.15, 0.2) is 48.5 Å². The molecule has 0 spiro atoms. The van der Waals surface area contributed by atoms with Crippen LogP contribution in [-0.2, 0) is 6.42 Å². The van der Waals surface area contributed by atoms with Gasteiger partial charge in [-0.15, -0.1) is 0 Å². The summed E-state index contributed by atoms with van der Waals surface area (Å²) < 4.78 is 5.52. The molecular weight excluding hydrogens is 260 g/mol. The summed E-state index contributed by atoms with van der Waals surface area (Å²) in [5.74, 6) is 0.677. The summed E-state index contributed by atoms with van der Waals surface area (Å²) in [6, 6.07) is 15.3. The minimum atomic E-state index is -0.527. The van der Waals surface area contributed by atoms with Crippen molar-refractivity contribution in [2.75, 3.05) is 6.61 Å². The van der Waals surface area contributed by atoms with Gasteiger partial charge in [0.15, 0.2) is 0 Å². The third-order valence-electron chi connectivity index (χ3n) is 2.79. The smallest absolute Gasteiger partial charge is 0.120 e. The van der Waals surface area contributed by atoms with Crippen LogP contribution in [0.1, 0.15) is 11.1 Å². The maximum atomic E-state index is 9.97. The van der Waals surface area contributed by atoms with Gasteiger partial charge in [0, 0.05) is 11.4 Å². The molecule has 0 radical (unpaired) electrons. The average Bonchev–Trinajstić information content (AvgIpc) is 2.36. The van der Waals surface area contributed by atoms with Crippen molar-refractivity contribution in [3.63, 3.8) is 0 Å². The third-order valence-corrected chi connectivity index (χ3v) is 3.03. The fraction of sp³-hybridized carbons (Fsp3) is 0.250. The van der Waals surface area contributed by atoms with Crippen LogP contribution in [0.3, 0.4) is 0 Å². The summed E-state index contributed by atoms with van der Waals surface area (Å²) in [7, 11) is 0. The summed E-state index contributed by atoms with van der Waals surface area (Å²) in [5.41, 5.74) is 2.31. The molecule has 0 fully saturated rings. The van der Waals surface area contributed by atoms with E-state index in [0.717, 1.165) is 5.56 Å². The third kappa shape index (κ3) is 4.58. The summed E-state index contributed by atoms with van der Waals surface area (Å²) in [6.07, 6.45) is 0.0585. The van der Waals surface area contributed by atoms with Gasteiger partial charge in [0.25, 0.3) is 0 Å². The minimum Gasteiger partial charge on any atom is -0.491 e. The van der Waals surface area contributed by atoms with E-state index in [-0.39, 0.29) is 6.61 Å². The highest BCUT2D eigenvalue weighted by Gasteiger charge is 2.07. The van der Waals surface area contributed by atoms with Crippen molar-refractivity contribution in [2.45, 2.75) is 19.4 Å². The molecule has 0 saturated carbocycles. The number of ether oxygens (including phenoxy) is 1. The van der Waals surface area contributed by atoms with Crippen LogP contribution >= 0.6 is 11.6 Å². The molecule has 0 amide bonds. The lowest BCUT2D eigenvalue weighted by Crippen LogP contribution is -2.20. The fourth-order valence-electron chi connectivity index (χ4n) is 1.92. The van der Waals surface area contributed by atoms with E-state index in [0.29, 0.717) is 17.2 Å². The number of hydrogen-bond donors (Lipinski definition) is 1. The number of aryl methyl sites for hydroxylation is 1. The van der Waals surface area contributed by atoms with Crippen LogP contribution in [0.5, 0.6) is 5.75 Å². The molecular formula is C16H17ClO2. The van der Waals surface area contributed by atoms with E-state index < -0.39 is 6.10 Å².